The Labute approximate surface area is 239 Å². The van der Waals surface area contributed by atoms with Gasteiger partial charge < -0.3 is 15.4 Å². The number of anilines is 1. The molecule has 3 aromatic carbocycles. The van der Waals surface area contributed by atoms with E-state index in [9.17, 15) is 9.59 Å². The van der Waals surface area contributed by atoms with Gasteiger partial charge in [-0.3, -0.25) is 14.2 Å². The van der Waals surface area contributed by atoms with Crippen LogP contribution in [0.15, 0.2) is 71.9 Å². The second-order valence-electron chi connectivity index (χ2n) is 9.57. The van der Waals surface area contributed by atoms with E-state index in [0.29, 0.717) is 23.2 Å². The first-order valence-corrected chi connectivity index (χ1v) is 14.4. The van der Waals surface area contributed by atoms with Crippen LogP contribution < -0.4 is 15.4 Å². The lowest BCUT2D eigenvalue weighted by atomic mass is 10.1. The second-order valence-corrected chi connectivity index (χ2v) is 10.5. The third-order valence-corrected chi connectivity index (χ3v) is 7.37. The van der Waals surface area contributed by atoms with Crippen molar-refractivity contribution in [3.8, 4) is 11.4 Å². The predicted molar refractivity (Wildman–Crippen MR) is 159 cm³/mol. The molecule has 4 rings (SSSR count). The number of hydrogen-bond donors (Lipinski definition) is 2. The van der Waals surface area contributed by atoms with Gasteiger partial charge in [-0.1, -0.05) is 49.4 Å². The number of aryl methyl sites for hydroxylation is 2. The minimum atomic E-state index is -0.220. The average Bonchev–Trinajstić information content (AvgIpc) is 3.35. The molecule has 0 aliphatic heterocycles. The van der Waals surface area contributed by atoms with E-state index < -0.39 is 0 Å². The first-order chi connectivity index (χ1) is 19.4. The predicted octanol–water partition coefficient (Wildman–Crippen LogP) is 6.03. The highest BCUT2D eigenvalue weighted by atomic mass is 32.2. The van der Waals surface area contributed by atoms with Gasteiger partial charge in [-0.2, -0.15) is 0 Å². The van der Waals surface area contributed by atoms with Crippen molar-refractivity contribution < 1.29 is 14.3 Å². The highest BCUT2D eigenvalue weighted by Gasteiger charge is 2.19. The zero-order valence-electron chi connectivity index (χ0n) is 23.4. The van der Waals surface area contributed by atoms with Gasteiger partial charge in [0.25, 0.3) is 5.91 Å². The normalized spacial score (nSPS) is 10.8. The van der Waals surface area contributed by atoms with Crippen molar-refractivity contribution in [3.63, 3.8) is 0 Å². The Kier molecular flexibility index (Phi) is 9.96. The summed E-state index contributed by atoms with van der Waals surface area (Å²) in [7, 11) is 0. The van der Waals surface area contributed by atoms with E-state index in [2.05, 4.69) is 27.8 Å². The van der Waals surface area contributed by atoms with Crippen molar-refractivity contribution in [2.45, 2.75) is 52.2 Å². The molecule has 208 valence electrons. The fraction of sp³-hybridized carbons (Fsp3) is 0.290. The summed E-state index contributed by atoms with van der Waals surface area (Å²) in [5.74, 6) is 1.12. The van der Waals surface area contributed by atoms with Gasteiger partial charge in [0.05, 0.1) is 24.6 Å². The highest BCUT2D eigenvalue weighted by molar-refractivity contribution is 7.99. The van der Waals surface area contributed by atoms with Crippen LogP contribution in [0.4, 0.5) is 5.69 Å². The number of nitrogens with one attached hydrogen (secondary N) is 2. The largest absolute Gasteiger partial charge is 0.494 e. The van der Waals surface area contributed by atoms with E-state index >= 15 is 0 Å². The van der Waals surface area contributed by atoms with Gasteiger partial charge in [0.2, 0.25) is 5.91 Å². The number of amides is 2. The van der Waals surface area contributed by atoms with Crippen LogP contribution in [0.3, 0.4) is 0 Å². The van der Waals surface area contributed by atoms with E-state index in [1.807, 2.05) is 67.8 Å². The molecule has 0 spiro atoms. The van der Waals surface area contributed by atoms with Crippen molar-refractivity contribution >= 4 is 29.3 Å². The van der Waals surface area contributed by atoms with Gasteiger partial charge in [-0.25, -0.2) is 0 Å². The van der Waals surface area contributed by atoms with E-state index in [0.717, 1.165) is 46.7 Å². The summed E-state index contributed by atoms with van der Waals surface area (Å²) < 4.78 is 7.61. The van der Waals surface area contributed by atoms with E-state index in [1.54, 1.807) is 24.3 Å². The molecule has 40 heavy (non-hydrogen) atoms. The lowest BCUT2D eigenvalue weighted by molar-refractivity contribution is -0.113. The Balaban J connectivity index is 1.48. The maximum Gasteiger partial charge on any atom is 0.251 e. The first kappa shape index (κ1) is 28.9. The molecule has 0 atom stereocenters. The van der Waals surface area contributed by atoms with E-state index in [4.69, 9.17) is 4.74 Å². The molecule has 0 bridgehead atoms. The van der Waals surface area contributed by atoms with Gasteiger partial charge in [0.1, 0.15) is 5.75 Å². The van der Waals surface area contributed by atoms with Gasteiger partial charge in [-0.05, 0) is 86.3 Å². The van der Waals surface area contributed by atoms with E-state index in [1.165, 1.54) is 11.8 Å². The lowest BCUT2D eigenvalue weighted by Gasteiger charge is -2.15. The topological polar surface area (TPSA) is 98.1 Å². The molecule has 0 unspecified atom stereocenters. The smallest absolute Gasteiger partial charge is 0.251 e. The van der Waals surface area contributed by atoms with Crippen LogP contribution in [0, 0.1) is 20.8 Å². The zero-order valence-corrected chi connectivity index (χ0v) is 24.2. The summed E-state index contributed by atoms with van der Waals surface area (Å²) in [5, 5.41) is 15.2. The van der Waals surface area contributed by atoms with Crippen LogP contribution in [-0.4, -0.2) is 38.9 Å². The second kappa shape index (κ2) is 13.8. The highest BCUT2D eigenvalue weighted by Crippen LogP contribution is 2.26. The van der Waals surface area contributed by atoms with Crippen molar-refractivity contribution in [3.05, 3.63) is 94.8 Å². The molecular weight excluding hydrogens is 522 g/mol. The SMILES string of the molecule is CCCCOc1ccc(C(=O)NCc2nnc(SCC(=O)Nc3cccc(C)c3)n2-c2cccc(C)c2C)cc1. The summed E-state index contributed by atoms with van der Waals surface area (Å²) in [6.07, 6.45) is 2.05. The molecule has 0 aliphatic rings. The van der Waals surface area contributed by atoms with Crippen LogP contribution in [0.2, 0.25) is 0 Å². The van der Waals surface area contributed by atoms with Crippen LogP contribution >= 0.6 is 11.8 Å². The average molecular weight is 558 g/mol. The van der Waals surface area contributed by atoms with Gasteiger partial charge in [0, 0.05) is 11.3 Å². The fourth-order valence-corrected chi connectivity index (χ4v) is 4.84. The zero-order chi connectivity index (χ0) is 28.5. The molecule has 0 saturated heterocycles. The summed E-state index contributed by atoms with van der Waals surface area (Å²) in [5.41, 5.74) is 5.45. The Morgan fingerprint density at radius 1 is 0.975 bits per heavy atom. The van der Waals surface area contributed by atoms with Gasteiger partial charge in [-0.15, -0.1) is 10.2 Å². The fourth-order valence-electron chi connectivity index (χ4n) is 4.08. The number of ether oxygens (including phenoxy) is 1. The maximum atomic E-state index is 12.9. The Hall–Kier alpha value is -4.11. The minimum absolute atomic E-state index is 0.136. The third-order valence-electron chi connectivity index (χ3n) is 6.44. The Morgan fingerprint density at radius 2 is 1.75 bits per heavy atom. The summed E-state index contributed by atoms with van der Waals surface area (Å²) in [6.45, 7) is 9.00. The molecule has 1 heterocycles. The molecule has 9 heteroatoms. The molecule has 4 aromatic rings. The standard InChI is InChI=1S/C31H35N5O3S/c1-5-6-17-39-26-15-13-24(14-16-26)30(38)32-19-28-34-35-31(36(28)27-12-8-10-22(3)23(27)4)40-20-29(37)33-25-11-7-9-21(2)18-25/h7-16,18H,5-6,17,19-20H2,1-4H3,(H,32,38)(H,33,37). The molecule has 8 nitrogen and oxygen atoms in total. The maximum absolute atomic E-state index is 12.9. The quantitative estimate of drug-likeness (QED) is 0.163. The number of unbranched alkanes of at least 4 members (excludes halogenated alkanes) is 1. The van der Waals surface area contributed by atoms with Crippen molar-refractivity contribution in [1.82, 2.24) is 20.1 Å². The number of rotatable bonds is 12. The van der Waals surface area contributed by atoms with Crippen molar-refractivity contribution in [1.29, 1.82) is 0 Å². The van der Waals surface area contributed by atoms with Crippen LogP contribution in [0.5, 0.6) is 5.75 Å². The number of carbonyl (C=O) groups is 2. The lowest BCUT2D eigenvalue weighted by Crippen LogP contribution is -2.24. The third kappa shape index (κ3) is 7.51. The van der Waals surface area contributed by atoms with E-state index in [-0.39, 0.29) is 24.1 Å². The number of aromatic nitrogens is 3. The van der Waals surface area contributed by atoms with Gasteiger partial charge >= 0.3 is 0 Å². The molecule has 0 fully saturated rings. The number of benzene rings is 3. The molecule has 0 aliphatic carbocycles. The van der Waals surface area contributed by atoms with Crippen LogP contribution in [0.1, 0.15) is 52.6 Å². The summed E-state index contributed by atoms with van der Waals surface area (Å²) >= 11 is 1.30. The number of hydrogen-bond acceptors (Lipinski definition) is 6. The molecular formula is C31H35N5O3S. The number of carbonyl (C=O) groups excluding carboxylic acids is 2. The Morgan fingerprint density at radius 3 is 2.50 bits per heavy atom. The molecule has 1 aromatic heterocycles. The van der Waals surface area contributed by atoms with Crippen molar-refractivity contribution in [2.75, 3.05) is 17.7 Å². The van der Waals surface area contributed by atoms with Crippen LogP contribution in [0.25, 0.3) is 5.69 Å². The van der Waals surface area contributed by atoms with Gasteiger partial charge in [0.15, 0.2) is 11.0 Å². The first-order valence-electron chi connectivity index (χ1n) is 13.4. The summed E-state index contributed by atoms with van der Waals surface area (Å²) in [4.78, 5) is 25.6. The van der Waals surface area contributed by atoms with Crippen LogP contribution in [-0.2, 0) is 11.3 Å². The van der Waals surface area contributed by atoms with Crippen molar-refractivity contribution in [2.24, 2.45) is 0 Å². The minimum Gasteiger partial charge on any atom is -0.494 e. The summed E-state index contributed by atoms with van der Waals surface area (Å²) in [6, 6.07) is 20.8. The monoisotopic (exact) mass is 557 g/mol. The number of thioether (sulfide) groups is 1. The molecule has 0 radical (unpaired) electrons. The molecule has 2 amide bonds. The Bertz CT molecular complexity index is 1470. The molecule has 0 saturated carbocycles. The molecule has 2 N–H and O–H groups in total. The number of nitrogens with zero attached hydrogens (tertiary/aromatic N) is 3.